The quantitative estimate of drug-likeness (QED) is 0.862. The molecular formula is C15H23ClN2O4. The molecule has 1 saturated heterocycles. The molecule has 1 aliphatic rings. The van der Waals surface area contributed by atoms with Gasteiger partial charge >= 0.3 is 0 Å². The van der Waals surface area contributed by atoms with Crippen LogP contribution in [0.1, 0.15) is 13.8 Å². The summed E-state index contributed by atoms with van der Waals surface area (Å²) in [5, 5.41) is 6.03. The summed E-state index contributed by atoms with van der Waals surface area (Å²) in [5.41, 5.74) is 0.667. The van der Waals surface area contributed by atoms with Crippen molar-refractivity contribution >= 4 is 24.0 Å². The normalized spacial score (nSPS) is 20.7. The molecule has 2 atom stereocenters. The van der Waals surface area contributed by atoms with E-state index in [-0.39, 0.29) is 30.5 Å². The molecule has 0 spiro atoms. The van der Waals surface area contributed by atoms with E-state index in [0.717, 1.165) is 0 Å². The summed E-state index contributed by atoms with van der Waals surface area (Å²) >= 11 is 0. The van der Waals surface area contributed by atoms with Crippen LogP contribution >= 0.6 is 12.4 Å². The maximum atomic E-state index is 12.3. The Bertz CT molecular complexity index is 498. The van der Waals surface area contributed by atoms with Gasteiger partial charge in [0.05, 0.1) is 26.4 Å². The summed E-state index contributed by atoms with van der Waals surface area (Å²) in [4.78, 5) is 12.3. The zero-order valence-electron chi connectivity index (χ0n) is 13.0. The third-order valence-corrected chi connectivity index (χ3v) is 3.33. The minimum Gasteiger partial charge on any atom is -0.493 e. The van der Waals surface area contributed by atoms with Crippen LogP contribution in [0.25, 0.3) is 0 Å². The number of anilines is 1. The van der Waals surface area contributed by atoms with E-state index in [1.165, 1.54) is 0 Å². The van der Waals surface area contributed by atoms with Gasteiger partial charge < -0.3 is 24.8 Å². The predicted octanol–water partition coefficient (Wildman–Crippen LogP) is 1.83. The molecule has 0 aliphatic carbocycles. The Balaban J connectivity index is 0.00000242. The fourth-order valence-electron chi connectivity index (χ4n) is 2.27. The van der Waals surface area contributed by atoms with Crippen molar-refractivity contribution < 1.29 is 19.0 Å². The Morgan fingerprint density at radius 3 is 2.86 bits per heavy atom. The minimum atomic E-state index is -0.351. The number of hydrogen-bond acceptors (Lipinski definition) is 5. The Kier molecular flexibility index (Phi) is 7.44. The van der Waals surface area contributed by atoms with Gasteiger partial charge in [0.25, 0.3) is 0 Å². The summed E-state index contributed by atoms with van der Waals surface area (Å²) in [6.45, 7) is 5.65. The van der Waals surface area contributed by atoms with Gasteiger partial charge in [0.15, 0.2) is 11.5 Å². The van der Waals surface area contributed by atoms with Crippen LogP contribution in [0.4, 0.5) is 5.69 Å². The highest BCUT2D eigenvalue weighted by Crippen LogP contribution is 2.30. The SMILES string of the molecule is CCOc1ccc(NC(=O)[C@H]2NCCO[C@@H]2C)cc1OC.Cl. The number of morpholine rings is 1. The van der Waals surface area contributed by atoms with E-state index < -0.39 is 0 Å². The molecule has 6 nitrogen and oxygen atoms in total. The first-order valence-electron chi connectivity index (χ1n) is 7.12. The minimum absolute atomic E-state index is 0. The van der Waals surface area contributed by atoms with Crippen LogP contribution in [0, 0.1) is 0 Å². The van der Waals surface area contributed by atoms with Crippen LogP contribution in [0.15, 0.2) is 18.2 Å². The first-order valence-corrected chi connectivity index (χ1v) is 7.12. The lowest BCUT2D eigenvalue weighted by Crippen LogP contribution is -2.53. The number of hydrogen-bond donors (Lipinski definition) is 2. The molecule has 1 aliphatic heterocycles. The first kappa shape index (κ1) is 18.5. The maximum Gasteiger partial charge on any atom is 0.244 e. The van der Waals surface area contributed by atoms with E-state index in [0.29, 0.717) is 36.9 Å². The van der Waals surface area contributed by atoms with Crippen LogP contribution in [0.5, 0.6) is 11.5 Å². The summed E-state index contributed by atoms with van der Waals surface area (Å²) in [6.07, 6.45) is -0.150. The maximum absolute atomic E-state index is 12.3. The fourth-order valence-corrected chi connectivity index (χ4v) is 2.27. The highest BCUT2D eigenvalue weighted by molar-refractivity contribution is 5.95. The number of carbonyl (C=O) groups is 1. The van der Waals surface area contributed by atoms with Gasteiger partial charge in [-0.25, -0.2) is 0 Å². The standard InChI is InChI=1S/C15H22N2O4.ClH/c1-4-20-12-6-5-11(9-13(12)19-3)17-15(18)14-10(2)21-8-7-16-14;/h5-6,9-10,14,16H,4,7-8H2,1-3H3,(H,17,18);1H/t10-,14+;/m1./s1. The molecule has 0 saturated carbocycles. The molecule has 0 aromatic heterocycles. The van der Waals surface area contributed by atoms with Gasteiger partial charge in [0.2, 0.25) is 5.91 Å². The smallest absolute Gasteiger partial charge is 0.244 e. The molecule has 0 unspecified atom stereocenters. The molecule has 1 fully saturated rings. The number of ether oxygens (including phenoxy) is 3. The fraction of sp³-hybridized carbons (Fsp3) is 0.533. The second kappa shape index (κ2) is 8.82. The Morgan fingerprint density at radius 1 is 1.45 bits per heavy atom. The van der Waals surface area contributed by atoms with Crippen molar-refractivity contribution in [3.63, 3.8) is 0 Å². The average molecular weight is 331 g/mol. The summed E-state index contributed by atoms with van der Waals surface area (Å²) < 4.78 is 16.2. The van der Waals surface area contributed by atoms with Crippen LogP contribution < -0.4 is 20.1 Å². The third kappa shape index (κ3) is 4.50. The van der Waals surface area contributed by atoms with Gasteiger partial charge in [0, 0.05) is 18.3 Å². The molecule has 2 rings (SSSR count). The molecule has 2 N–H and O–H groups in total. The predicted molar refractivity (Wildman–Crippen MR) is 87.2 cm³/mol. The van der Waals surface area contributed by atoms with E-state index in [4.69, 9.17) is 14.2 Å². The van der Waals surface area contributed by atoms with Gasteiger partial charge in [-0.1, -0.05) is 0 Å². The Labute approximate surface area is 136 Å². The number of halogens is 1. The van der Waals surface area contributed by atoms with Crippen LogP contribution in [0.3, 0.4) is 0 Å². The second-order valence-electron chi connectivity index (χ2n) is 4.80. The Morgan fingerprint density at radius 2 is 2.23 bits per heavy atom. The third-order valence-electron chi connectivity index (χ3n) is 3.33. The van der Waals surface area contributed by atoms with E-state index in [1.54, 1.807) is 25.3 Å². The molecule has 124 valence electrons. The van der Waals surface area contributed by atoms with E-state index in [1.807, 2.05) is 13.8 Å². The molecule has 22 heavy (non-hydrogen) atoms. The zero-order valence-corrected chi connectivity index (χ0v) is 13.9. The van der Waals surface area contributed by atoms with Gasteiger partial charge in [0.1, 0.15) is 6.04 Å². The lowest BCUT2D eigenvalue weighted by molar-refractivity contribution is -0.123. The van der Waals surface area contributed by atoms with Crippen molar-refractivity contribution in [2.45, 2.75) is 26.0 Å². The second-order valence-corrected chi connectivity index (χ2v) is 4.80. The molecule has 1 aromatic carbocycles. The van der Waals surface area contributed by atoms with Gasteiger partial charge in [-0.05, 0) is 26.0 Å². The number of benzene rings is 1. The largest absolute Gasteiger partial charge is 0.493 e. The van der Waals surface area contributed by atoms with Crippen molar-refractivity contribution in [3.8, 4) is 11.5 Å². The number of carbonyl (C=O) groups excluding carboxylic acids is 1. The van der Waals surface area contributed by atoms with Crippen LogP contribution in [0.2, 0.25) is 0 Å². The Hall–Kier alpha value is -1.50. The van der Waals surface area contributed by atoms with Gasteiger partial charge in [-0.2, -0.15) is 0 Å². The van der Waals surface area contributed by atoms with E-state index in [2.05, 4.69) is 10.6 Å². The number of methoxy groups -OCH3 is 1. The highest BCUT2D eigenvalue weighted by atomic mass is 35.5. The first-order chi connectivity index (χ1) is 10.2. The van der Waals surface area contributed by atoms with E-state index >= 15 is 0 Å². The number of nitrogens with one attached hydrogen (secondary N) is 2. The van der Waals surface area contributed by atoms with Gasteiger partial charge in [-0.3, -0.25) is 4.79 Å². The van der Waals surface area contributed by atoms with Crippen molar-refractivity contribution in [1.82, 2.24) is 5.32 Å². The summed E-state index contributed by atoms with van der Waals surface area (Å²) in [7, 11) is 1.57. The molecule has 1 heterocycles. The highest BCUT2D eigenvalue weighted by Gasteiger charge is 2.28. The molecule has 0 radical (unpaired) electrons. The summed E-state index contributed by atoms with van der Waals surface area (Å²) in [6, 6.07) is 4.97. The topological polar surface area (TPSA) is 68.8 Å². The van der Waals surface area contributed by atoms with E-state index in [9.17, 15) is 4.79 Å². The summed E-state index contributed by atoms with van der Waals surface area (Å²) in [5.74, 6) is 1.13. The van der Waals surface area contributed by atoms with Crippen molar-refractivity contribution in [3.05, 3.63) is 18.2 Å². The average Bonchev–Trinajstić information content (AvgIpc) is 2.49. The number of rotatable bonds is 5. The molecule has 7 heteroatoms. The van der Waals surface area contributed by atoms with Crippen LogP contribution in [-0.2, 0) is 9.53 Å². The lowest BCUT2D eigenvalue weighted by Gasteiger charge is -2.29. The molecule has 0 bridgehead atoms. The van der Waals surface area contributed by atoms with Gasteiger partial charge in [-0.15, -0.1) is 12.4 Å². The number of amides is 1. The molecule has 1 amide bonds. The van der Waals surface area contributed by atoms with Crippen molar-refractivity contribution in [2.75, 3.05) is 32.2 Å². The monoisotopic (exact) mass is 330 g/mol. The zero-order chi connectivity index (χ0) is 15.2. The van der Waals surface area contributed by atoms with Crippen molar-refractivity contribution in [2.24, 2.45) is 0 Å². The molecular weight excluding hydrogens is 308 g/mol. The van der Waals surface area contributed by atoms with Crippen LogP contribution in [-0.4, -0.2) is 44.9 Å². The lowest BCUT2D eigenvalue weighted by atomic mass is 10.1. The van der Waals surface area contributed by atoms with Crippen molar-refractivity contribution in [1.29, 1.82) is 0 Å². The molecule has 1 aromatic rings.